The average molecular weight is 273 g/mol. The number of rotatable bonds is 3. The van der Waals surface area contributed by atoms with Crippen molar-refractivity contribution in [2.75, 3.05) is 0 Å². The molecule has 0 heterocycles. The van der Waals surface area contributed by atoms with Crippen LogP contribution in [0, 0.1) is 0 Å². The normalized spacial score (nSPS) is 11.1. The molecule has 0 unspecified atom stereocenters. The SMILES string of the molecule is O=C(Cl)c1cccc(OP(=O)(Cl)Cl)c1. The number of carbonyl (C=O) groups is 1. The summed E-state index contributed by atoms with van der Waals surface area (Å²) in [6.07, 6.45) is -3.65. The maximum Gasteiger partial charge on any atom is 0.428 e. The van der Waals surface area contributed by atoms with Crippen LogP contribution in [0.4, 0.5) is 0 Å². The third kappa shape index (κ3) is 3.89. The summed E-state index contributed by atoms with van der Waals surface area (Å²) in [6.45, 7) is 0. The van der Waals surface area contributed by atoms with Gasteiger partial charge >= 0.3 is 6.07 Å². The third-order valence-electron chi connectivity index (χ3n) is 1.27. The van der Waals surface area contributed by atoms with E-state index in [9.17, 15) is 9.36 Å². The van der Waals surface area contributed by atoms with Crippen LogP contribution in [0.15, 0.2) is 24.3 Å². The maximum absolute atomic E-state index is 10.9. The lowest BCUT2D eigenvalue weighted by Gasteiger charge is -2.05. The zero-order valence-electron chi connectivity index (χ0n) is 6.62. The van der Waals surface area contributed by atoms with Gasteiger partial charge in [-0.05, 0) is 29.8 Å². The van der Waals surface area contributed by atoms with Gasteiger partial charge < -0.3 is 4.52 Å². The molecule has 0 spiro atoms. The number of hydrogen-bond donors (Lipinski definition) is 0. The van der Waals surface area contributed by atoms with Gasteiger partial charge in [-0.2, -0.15) is 0 Å². The predicted octanol–water partition coefficient (Wildman–Crippen LogP) is 4.03. The molecule has 0 saturated heterocycles. The highest BCUT2D eigenvalue weighted by Crippen LogP contribution is 2.57. The minimum atomic E-state index is -3.65. The van der Waals surface area contributed by atoms with Crippen molar-refractivity contribution in [1.29, 1.82) is 0 Å². The van der Waals surface area contributed by atoms with Crippen molar-refractivity contribution in [1.82, 2.24) is 0 Å². The molecule has 0 radical (unpaired) electrons. The lowest BCUT2D eigenvalue weighted by Crippen LogP contribution is -1.89. The van der Waals surface area contributed by atoms with E-state index in [4.69, 9.17) is 34.1 Å². The highest BCUT2D eigenvalue weighted by molar-refractivity contribution is 8.05. The quantitative estimate of drug-likeness (QED) is 0.617. The van der Waals surface area contributed by atoms with Crippen LogP contribution in [-0.4, -0.2) is 5.24 Å². The van der Waals surface area contributed by atoms with Crippen LogP contribution < -0.4 is 4.52 Å². The molecule has 3 nitrogen and oxygen atoms in total. The van der Waals surface area contributed by atoms with E-state index in [0.29, 0.717) is 0 Å². The summed E-state index contributed by atoms with van der Waals surface area (Å²) in [5, 5.41) is -0.644. The molecule has 0 aliphatic carbocycles. The van der Waals surface area contributed by atoms with Crippen molar-refractivity contribution in [3.63, 3.8) is 0 Å². The van der Waals surface area contributed by atoms with Crippen molar-refractivity contribution >= 4 is 45.4 Å². The Morgan fingerprint density at radius 1 is 1.36 bits per heavy atom. The Balaban J connectivity index is 2.95. The van der Waals surface area contributed by atoms with Gasteiger partial charge in [0, 0.05) is 28.0 Å². The van der Waals surface area contributed by atoms with E-state index in [0.717, 1.165) is 0 Å². The lowest BCUT2D eigenvalue weighted by atomic mass is 10.2. The second-order valence-corrected chi connectivity index (χ2v) is 6.85. The van der Waals surface area contributed by atoms with Gasteiger partial charge in [0.15, 0.2) is 0 Å². The minimum Gasteiger partial charge on any atom is -0.422 e. The first-order chi connectivity index (χ1) is 6.38. The maximum atomic E-state index is 10.9. The number of carbonyl (C=O) groups excluding carboxylic acids is 1. The predicted molar refractivity (Wildman–Crippen MR) is 56.6 cm³/mol. The Labute approximate surface area is 94.9 Å². The smallest absolute Gasteiger partial charge is 0.422 e. The lowest BCUT2D eigenvalue weighted by molar-refractivity contribution is 0.108. The van der Waals surface area contributed by atoms with Crippen molar-refractivity contribution in [2.45, 2.75) is 0 Å². The molecule has 0 N–H and O–H groups in total. The van der Waals surface area contributed by atoms with Gasteiger partial charge in [-0.3, -0.25) is 4.79 Å². The Kier molecular flexibility index (Phi) is 3.85. The standard InChI is InChI=1S/C7H4Cl3O3P/c8-7(11)5-2-1-3-6(4-5)13-14(9,10)12/h1-4H. The number of benzene rings is 1. The first kappa shape index (κ1) is 11.9. The molecule has 0 fully saturated rings. The van der Waals surface area contributed by atoms with Gasteiger partial charge in [0.25, 0.3) is 5.24 Å². The molecule has 1 aromatic rings. The van der Waals surface area contributed by atoms with Gasteiger partial charge in [0.2, 0.25) is 0 Å². The summed E-state index contributed by atoms with van der Waals surface area (Å²) in [4.78, 5) is 10.7. The molecular formula is C7H4Cl3O3P. The average Bonchev–Trinajstić information content (AvgIpc) is 2.01. The fourth-order valence-corrected chi connectivity index (χ4v) is 1.75. The van der Waals surface area contributed by atoms with Crippen LogP contribution in [-0.2, 0) is 4.57 Å². The number of halogens is 3. The monoisotopic (exact) mass is 272 g/mol. The van der Waals surface area contributed by atoms with E-state index in [1.165, 1.54) is 24.3 Å². The van der Waals surface area contributed by atoms with Crippen molar-refractivity contribution in [3.05, 3.63) is 29.8 Å². The molecule has 76 valence electrons. The molecular weight excluding hydrogens is 269 g/mol. The molecule has 0 saturated carbocycles. The highest BCUT2D eigenvalue weighted by Gasteiger charge is 2.16. The van der Waals surface area contributed by atoms with Gasteiger partial charge in [0.05, 0.1) is 0 Å². The van der Waals surface area contributed by atoms with E-state index >= 15 is 0 Å². The molecule has 0 aromatic heterocycles. The minimum absolute atomic E-state index is 0.129. The zero-order chi connectivity index (χ0) is 10.8. The largest absolute Gasteiger partial charge is 0.428 e. The van der Waals surface area contributed by atoms with Gasteiger partial charge in [-0.1, -0.05) is 6.07 Å². The van der Waals surface area contributed by atoms with Gasteiger partial charge in [-0.25, -0.2) is 4.57 Å². The van der Waals surface area contributed by atoms with Gasteiger partial charge in [0.1, 0.15) is 5.75 Å². The molecule has 1 aromatic carbocycles. The van der Waals surface area contributed by atoms with E-state index < -0.39 is 11.3 Å². The Morgan fingerprint density at radius 3 is 2.50 bits per heavy atom. The van der Waals surface area contributed by atoms with Gasteiger partial charge in [-0.15, -0.1) is 0 Å². The van der Waals surface area contributed by atoms with Crippen molar-refractivity contribution in [3.8, 4) is 5.75 Å². The molecule has 1 rings (SSSR count). The zero-order valence-corrected chi connectivity index (χ0v) is 9.78. The van der Waals surface area contributed by atoms with Crippen molar-refractivity contribution in [2.24, 2.45) is 0 Å². The van der Waals surface area contributed by atoms with Crippen LogP contribution in [0.5, 0.6) is 5.75 Å². The molecule has 0 aliphatic heterocycles. The molecule has 0 bridgehead atoms. The first-order valence-corrected chi connectivity index (χ1v) is 7.18. The van der Waals surface area contributed by atoms with Crippen LogP contribution >= 0.6 is 40.2 Å². The highest BCUT2D eigenvalue weighted by atomic mass is 35.9. The molecule has 0 aliphatic rings. The Morgan fingerprint density at radius 2 is 2.00 bits per heavy atom. The van der Waals surface area contributed by atoms with E-state index in [1.54, 1.807) is 0 Å². The second kappa shape index (κ2) is 4.54. The topological polar surface area (TPSA) is 43.4 Å². The fraction of sp³-hybridized carbons (Fsp3) is 0. The van der Waals surface area contributed by atoms with E-state index in [2.05, 4.69) is 4.52 Å². The summed E-state index contributed by atoms with van der Waals surface area (Å²) < 4.78 is 15.5. The van der Waals surface area contributed by atoms with Crippen LogP contribution in [0.3, 0.4) is 0 Å². The van der Waals surface area contributed by atoms with E-state index in [-0.39, 0.29) is 11.3 Å². The van der Waals surface area contributed by atoms with Crippen LogP contribution in [0.1, 0.15) is 10.4 Å². The van der Waals surface area contributed by atoms with Crippen molar-refractivity contribution < 1.29 is 13.9 Å². The van der Waals surface area contributed by atoms with Crippen LogP contribution in [0.25, 0.3) is 0 Å². The number of hydrogen-bond acceptors (Lipinski definition) is 3. The summed E-state index contributed by atoms with van der Waals surface area (Å²) in [6, 6.07) is 5.75. The van der Waals surface area contributed by atoms with Crippen LogP contribution in [0.2, 0.25) is 0 Å². The molecule has 14 heavy (non-hydrogen) atoms. The summed E-state index contributed by atoms with van der Waals surface area (Å²) in [5.74, 6) is 0.129. The summed E-state index contributed by atoms with van der Waals surface area (Å²) in [5.41, 5.74) is 0.214. The molecule has 0 amide bonds. The Hall–Kier alpha value is -0.210. The summed E-state index contributed by atoms with van der Waals surface area (Å²) >= 11 is 15.6. The molecule has 7 heteroatoms. The van der Waals surface area contributed by atoms with E-state index in [1.807, 2.05) is 0 Å². The molecule has 0 atom stereocenters. The second-order valence-electron chi connectivity index (χ2n) is 2.31. The fourth-order valence-electron chi connectivity index (χ4n) is 0.798. The Bertz CT molecular complexity index is 401. The first-order valence-electron chi connectivity index (χ1n) is 3.37. The third-order valence-corrected chi connectivity index (χ3v) is 2.33. The summed E-state index contributed by atoms with van der Waals surface area (Å²) in [7, 11) is 0.